The molecule has 2 bridgehead atoms. The largest absolute Gasteiger partial charge is 0.292 e. The van der Waals surface area contributed by atoms with Gasteiger partial charge < -0.3 is 0 Å². The highest BCUT2D eigenvalue weighted by molar-refractivity contribution is 9.12. The minimum Gasteiger partial charge on any atom is -0.292 e. The molecule has 2 aromatic rings. The van der Waals surface area contributed by atoms with E-state index in [4.69, 9.17) is 23.2 Å². The van der Waals surface area contributed by atoms with E-state index in [1.807, 2.05) is 0 Å². The molecule has 2 saturated carbocycles. The molecule has 2 aliphatic carbocycles. The lowest BCUT2D eigenvalue weighted by Gasteiger charge is -2.31. The number of rotatable bonds is 5. The molecule has 6 atom stereocenters. The summed E-state index contributed by atoms with van der Waals surface area (Å²) >= 11 is 19.6. The monoisotopic (exact) mass is 626 g/mol. The molecule has 1 heterocycles. The first-order chi connectivity index (χ1) is 16.2. The van der Waals surface area contributed by atoms with Gasteiger partial charge in [0.25, 0.3) is 17.7 Å². The highest BCUT2D eigenvalue weighted by atomic mass is 79.9. The number of Topliss-reactive ketones (excluding diaryl/α,β-unsaturated/α-hetero) is 1. The number of hydrogen-bond donors (Lipinski definition) is 0. The third-order valence-corrected chi connectivity index (χ3v) is 10.7. The van der Waals surface area contributed by atoms with Gasteiger partial charge in [0.1, 0.15) is 6.54 Å². The van der Waals surface area contributed by atoms with Gasteiger partial charge in [0.05, 0.1) is 22.4 Å². The van der Waals surface area contributed by atoms with Crippen LogP contribution in [0.4, 0.5) is 0 Å². The molecule has 176 valence electrons. The first kappa shape index (κ1) is 24.0. The van der Waals surface area contributed by atoms with Gasteiger partial charge in [-0.15, -0.1) is 0 Å². The van der Waals surface area contributed by atoms with Crippen molar-refractivity contribution >= 4 is 78.6 Å². The summed E-state index contributed by atoms with van der Waals surface area (Å²) in [5.41, 5.74) is 0.409. The highest BCUT2D eigenvalue weighted by Gasteiger charge is 2.67. The number of ketones is 1. The number of amides is 3. The zero-order valence-electron chi connectivity index (χ0n) is 17.5. The van der Waals surface area contributed by atoms with E-state index >= 15 is 0 Å². The molecule has 5 rings (SSSR count). The Kier molecular flexibility index (Phi) is 6.38. The molecule has 0 aromatic heterocycles. The quantitative estimate of drug-likeness (QED) is 0.265. The van der Waals surface area contributed by atoms with Crippen molar-refractivity contribution in [2.24, 2.45) is 23.7 Å². The molecule has 1 saturated heterocycles. The number of imide groups is 1. The molecule has 6 nitrogen and oxygen atoms in total. The number of hydrazine groups is 1. The van der Waals surface area contributed by atoms with E-state index in [1.54, 1.807) is 30.3 Å². The summed E-state index contributed by atoms with van der Waals surface area (Å²) in [6.45, 7) is -0.483. The average molecular weight is 629 g/mol. The van der Waals surface area contributed by atoms with Gasteiger partial charge in [-0.3, -0.25) is 19.2 Å². The summed E-state index contributed by atoms with van der Waals surface area (Å²) in [5, 5.41) is 2.22. The molecule has 0 spiro atoms. The number of hydrogen-bond acceptors (Lipinski definition) is 4. The molecule has 0 N–H and O–H groups in total. The first-order valence-corrected chi connectivity index (χ1v) is 13.3. The van der Waals surface area contributed by atoms with Crippen LogP contribution in [-0.4, -0.2) is 49.7 Å². The van der Waals surface area contributed by atoms with Crippen molar-refractivity contribution < 1.29 is 19.2 Å². The average Bonchev–Trinajstić information content (AvgIpc) is 3.42. The zero-order valence-corrected chi connectivity index (χ0v) is 22.2. The first-order valence-electron chi connectivity index (χ1n) is 10.7. The highest BCUT2D eigenvalue weighted by Crippen LogP contribution is 2.60. The predicted molar refractivity (Wildman–Crippen MR) is 134 cm³/mol. The van der Waals surface area contributed by atoms with Crippen LogP contribution in [0.3, 0.4) is 0 Å². The van der Waals surface area contributed by atoms with Gasteiger partial charge in [-0.2, -0.15) is 5.01 Å². The van der Waals surface area contributed by atoms with E-state index in [-0.39, 0.29) is 32.1 Å². The lowest BCUT2D eigenvalue weighted by molar-refractivity contribution is -0.154. The minimum absolute atomic E-state index is 0.0262. The third kappa shape index (κ3) is 3.74. The minimum atomic E-state index is -0.717. The van der Waals surface area contributed by atoms with Crippen LogP contribution in [0.15, 0.2) is 48.5 Å². The normalized spacial score (nSPS) is 29.5. The molecule has 0 radical (unpaired) electrons. The second-order valence-corrected chi connectivity index (χ2v) is 11.7. The summed E-state index contributed by atoms with van der Waals surface area (Å²) in [6, 6.07) is 12.7. The molecule has 1 aliphatic heterocycles. The number of carbonyl (C=O) groups is 4. The van der Waals surface area contributed by atoms with Crippen molar-refractivity contribution in [3.63, 3.8) is 0 Å². The molecule has 2 aromatic carbocycles. The van der Waals surface area contributed by atoms with Crippen LogP contribution in [0.25, 0.3) is 0 Å². The van der Waals surface area contributed by atoms with Gasteiger partial charge in [-0.1, -0.05) is 85.4 Å². The maximum Gasteiger partial charge on any atom is 0.274 e. The lowest BCUT2D eigenvalue weighted by Crippen LogP contribution is -2.52. The smallest absolute Gasteiger partial charge is 0.274 e. The van der Waals surface area contributed by atoms with Gasteiger partial charge in [-0.05, 0) is 36.5 Å². The van der Waals surface area contributed by atoms with Crippen LogP contribution in [0.5, 0.6) is 0 Å². The number of benzene rings is 2. The van der Waals surface area contributed by atoms with Gasteiger partial charge in [0, 0.05) is 20.2 Å². The molecule has 10 heteroatoms. The molecule has 3 aliphatic rings. The van der Waals surface area contributed by atoms with Crippen molar-refractivity contribution in [2.45, 2.75) is 16.1 Å². The summed E-state index contributed by atoms with van der Waals surface area (Å²) in [6.07, 6.45) is 0.756. The van der Waals surface area contributed by atoms with E-state index in [9.17, 15) is 19.2 Å². The fraction of sp³-hybridized carbons (Fsp3) is 0.333. The Balaban J connectivity index is 1.53. The van der Waals surface area contributed by atoms with Crippen molar-refractivity contribution in [1.82, 2.24) is 10.0 Å². The van der Waals surface area contributed by atoms with Crippen LogP contribution < -0.4 is 0 Å². The maximum atomic E-state index is 13.6. The predicted octanol–water partition coefficient (Wildman–Crippen LogP) is 5.01. The van der Waals surface area contributed by atoms with Gasteiger partial charge >= 0.3 is 0 Å². The van der Waals surface area contributed by atoms with Gasteiger partial charge in [0.2, 0.25) is 0 Å². The maximum absolute atomic E-state index is 13.6. The number of carbonyl (C=O) groups excluding carboxylic acids is 4. The number of alkyl halides is 2. The van der Waals surface area contributed by atoms with Crippen molar-refractivity contribution in [3.05, 3.63) is 69.7 Å². The van der Waals surface area contributed by atoms with E-state index in [2.05, 4.69) is 31.9 Å². The number of halogens is 4. The Morgan fingerprint density at radius 2 is 1.53 bits per heavy atom. The van der Waals surface area contributed by atoms with Crippen molar-refractivity contribution in [3.8, 4) is 0 Å². The third-order valence-electron chi connectivity index (χ3n) is 6.99. The fourth-order valence-corrected chi connectivity index (χ4v) is 7.82. The van der Waals surface area contributed by atoms with Crippen LogP contribution >= 0.6 is 55.1 Å². The second kappa shape index (κ2) is 9.04. The SMILES string of the molecule is O=C(CN(C(=O)c1ccc(Cl)cc1Cl)N1C(=O)[C@@H]2[C@H]3C[C@@H]([C@H](Br)[C@@H]3Br)[C@@H]2C1=O)c1ccccc1. The summed E-state index contributed by atoms with van der Waals surface area (Å²) in [5.74, 6) is -3.14. The molecular formula is C24H18Br2Cl2N2O4. The Morgan fingerprint density at radius 3 is 2.09 bits per heavy atom. The van der Waals surface area contributed by atoms with Crippen LogP contribution in [0, 0.1) is 23.7 Å². The van der Waals surface area contributed by atoms with E-state index in [1.165, 1.54) is 18.2 Å². The Hall–Kier alpha value is -1.74. The lowest BCUT2D eigenvalue weighted by atomic mass is 9.81. The van der Waals surface area contributed by atoms with Crippen LogP contribution in [0.1, 0.15) is 27.1 Å². The van der Waals surface area contributed by atoms with Gasteiger partial charge in [-0.25, -0.2) is 5.01 Å². The van der Waals surface area contributed by atoms with E-state index < -0.39 is 41.9 Å². The Bertz CT molecular complexity index is 1180. The summed E-state index contributed by atoms with van der Waals surface area (Å²) in [7, 11) is 0. The second-order valence-electron chi connectivity index (χ2n) is 8.77. The molecule has 34 heavy (non-hydrogen) atoms. The number of nitrogens with zero attached hydrogens (tertiary/aromatic N) is 2. The Morgan fingerprint density at radius 1 is 0.941 bits per heavy atom. The fourth-order valence-electron chi connectivity index (χ4n) is 5.46. The van der Waals surface area contributed by atoms with E-state index in [0.29, 0.717) is 10.6 Å². The molecular weight excluding hydrogens is 611 g/mol. The topological polar surface area (TPSA) is 74.8 Å². The zero-order chi connectivity index (χ0) is 24.3. The molecule has 3 amide bonds. The Labute approximate surface area is 222 Å². The summed E-state index contributed by atoms with van der Waals surface area (Å²) < 4.78 is 0. The van der Waals surface area contributed by atoms with Crippen LogP contribution in [-0.2, 0) is 9.59 Å². The van der Waals surface area contributed by atoms with Gasteiger partial charge in [0.15, 0.2) is 5.78 Å². The molecule has 3 fully saturated rings. The molecule has 0 unspecified atom stereocenters. The standard InChI is InChI=1S/C24H18Br2Cl2N2O4/c25-20-14-9-15(21(20)26)19-18(14)23(33)30(24(19)34)29(10-17(31)11-4-2-1-3-5-11)22(32)13-7-6-12(27)8-16(13)28/h1-8,14-15,18-21H,9-10H2/t14-,15-,18-,19+,20-,21+/m1/s1. The van der Waals surface area contributed by atoms with Crippen LogP contribution in [0.2, 0.25) is 10.0 Å². The van der Waals surface area contributed by atoms with Crippen molar-refractivity contribution in [2.75, 3.05) is 6.54 Å². The van der Waals surface area contributed by atoms with Crippen molar-refractivity contribution in [1.29, 1.82) is 0 Å². The summed E-state index contributed by atoms with van der Waals surface area (Å²) in [4.78, 5) is 54.0. The number of fused-ring (bicyclic) bond motifs is 5. The van der Waals surface area contributed by atoms with E-state index in [0.717, 1.165) is 16.4 Å².